The van der Waals surface area contributed by atoms with Crippen LogP contribution in [0.3, 0.4) is 0 Å². The Hall–Kier alpha value is -1.19. The lowest BCUT2D eigenvalue weighted by molar-refractivity contribution is 0.276. The molecule has 7 heteroatoms. The molecule has 0 aromatic carbocycles. The molecule has 1 aliphatic heterocycles. The van der Waals surface area contributed by atoms with Gasteiger partial charge in [0, 0.05) is 39.8 Å². The molecule has 0 bridgehead atoms. The third-order valence-electron chi connectivity index (χ3n) is 4.63. The monoisotopic (exact) mass is 469 g/mol. The van der Waals surface area contributed by atoms with Crippen molar-refractivity contribution in [1.82, 2.24) is 25.1 Å². The molecule has 2 aromatic heterocycles. The first-order chi connectivity index (χ1) is 11.9. The summed E-state index contributed by atoms with van der Waals surface area (Å²) in [4.78, 5) is 12.6. The van der Waals surface area contributed by atoms with Gasteiger partial charge in [0.2, 0.25) is 0 Å². The second-order valence-electron chi connectivity index (χ2n) is 6.73. The Labute approximate surface area is 168 Å². The molecule has 0 radical (unpaired) electrons. The van der Waals surface area contributed by atoms with Crippen LogP contribution in [-0.4, -0.2) is 52.1 Å². The largest absolute Gasteiger partial charge is 0.362 e. The molecule has 1 fully saturated rings. The van der Waals surface area contributed by atoms with Gasteiger partial charge in [-0.3, -0.25) is 4.98 Å². The highest BCUT2D eigenvalue weighted by Gasteiger charge is 2.41. The van der Waals surface area contributed by atoms with Crippen LogP contribution < -0.4 is 5.32 Å². The minimum Gasteiger partial charge on any atom is -0.362 e. The van der Waals surface area contributed by atoms with Gasteiger partial charge in [0.25, 0.3) is 0 Å². The predicted molar refractivity (Wildman–Crippen MR) is 114 cm³/mol. The van der Waals surface area contributed by atoms with E-state index in [9.17, 15) is 0 Å². The van der Waals surface area contributed by atoms with E-state index in [4.69, 9.17) is 12.2 Å². The fraction of sp³-hybridized carbons (Fsp3) is 0.444. The van der Waals surface area contributed by atoms with E-state index < -0.39 is 0 Å². The Kier molecular flexibility index (Phi) is 5.65. The van der Waals surface area contributed by atoms with Crippen molar-refractivity contribution in [1.29, 1.82) is 0 Å². The number of pyridine rings is 1. The van der Waals surface area contributed by atoms with Crippen LogP contribution in [0.5, 0.6) is 0 Å². The van der Waals surface area contributed by atoms with Crippen molar-refractivity contribution in [2.45, 2.75) is 25.9 Å². The van der Waals surface area contributed by atoms with Gasteiger partial charge in [-0.15, -0.1) is 0 Å². The fourth-order valence-electron chi connectivity index (χ4n) is 3.39. The fourth-order valence-corrected chi connectivity index (χ4v) is 4.58. The summed E-state index contributed by atoms with van der Waals surface area (Å²) in [5, 5.41) is 4.32. The van der Waals surface area contributed by atoms with Crippen LogP contribution in [0.4, 0.5) is 0 Å². The summed E-state index contributed by atoms with van der Waals surface area (Å²) >= 11 is 8.14. The average Bonchev–Trinajstić information content (AvgIpc) is 3.02. The minimum absolute atomic E-state index is 0.0540. The molecule has 25 heavy (non-hydrogen) atoms. The highest BCUT2D eigenvalue weighted by molar-refractivity contribution is 14.1. The number of aromatic nitrogens is 2. The van der Waals surface area contributed by atoms with E-state index in [0.717, 1.165) is 23.9 Å². The van der Waals surface area contributed by atoms with Crippen molar-refractivity contribution in [2.75, 3.05) is 27.2 Å². The Morgan fingerprint density at radius 2 is 2.04 bits per heavy atom. The number of aryl methyl sites for hydroxylation is 2. The number of nitrogens with zero attached hydrogens (tertiary/aromatic N) is 3. The summed E-state index contributed by atoms with van der Waals surface area (Å²) in [6, 6.07) is 6.25. The van der Waals surface area contributed by atoms with Gasteiger partial charge in [0.15, 0.2) is 5.11 Å². The van der Waals surface area contributed by atoms with Gasteiger partial charge < -0.3 is 20.1 Å². The molecule has 0 spiro atoms. The van der Waals surface area contributed by atoms with Crippen LogP contribution >= 0.6 is 34.8 Å². The molecular weight excluding hydrogens is 445 g/mol. The number of likely N-dealkylation sites (N-methyl/N-ethyl adjacent to an activating group) is 1. The maximum Gasteiger partial charge on any atom is 0.170 e. The third kappa shape index (κ3) is 3.68. The molecule has 1 aliphatic rings. The topological polar surface area (TPSA) is 47.2 Å². The lowest BCUT2D eigenvalue weighted by Gasteiger charge is -2.29. The van der Waals surface area contributed by atoms with Crippen molar-refractivity contribution >= 4 is 39.9 Å². The van der Waals surface area contributed by atoms with E-state index >= 15 is 0 Å². The standard InChI is InChI=1S/C18H24IN5S/c1-11-14(15(19)12(2)21-11)17-16(13-7-5-6-8-20-13)22-18(25)24(17)10-9-23(3)4/h5-8,16-17,21H,9-10H2,1-4H3,(H,22,25). The molecule has 0 amide bonds. The summed E-state index contributed by atoms with van der Waals surface area (Å²) in [5.74, 6) is 0. The molecule has 3 rings (SSSR count). The normalized spacial score (nSPS) is 20.4. The molecular formula is C18H24IN5S. The van der Waals surface area contributed by atoms with Gasteiger partial charge in [-0.25, -0.2) is 0 Å². The Balaban J connectivity index is 2.05. The number of rotatable bonds is 5. The highest BCUT2D eigenvalue weighted by Crippen LogP contribution is 2.42. The van der Waals surface area contributed by atoms with E-state index in [0.29, 0.717) is 0 Å². The summed E-state index contributed by atoms with van der Waals surface area (Å²) in [6.07, 6.45) is 1.85. The van der Waals surface area contributed by atoms with Gasteiger partial charge in [-0.2, -0.15) is 0 Å². The minimum atomic E-state index is 0.0540. The van der Waals surface area contributed by atoms with Crippen molar-refractivity contribution in [2.24, 2.45) is 0 Å². The zero-order valence-corrected chi connectivity index (χ0v) is 18.0. The van der Waals surface area contributed by atoms with Crippen molar-refractivity contribution in [3.63, 3.8) is 0 Å². The first-order valence-electron chi connectivity index (χ1n) is 8.37. The molecule has 134 valence electrons. The number of thiocarbonyl (C=S) groups is 1. The van der Waals surface area contributed by atoms with Crippen LogP contribution in [0, 0.1) is 17.4 Å². The highest BCUT2D eigenvalue weighted by atomic mass is 127. The summed E-state index contributed by atoms with van der Waals surface area (Å²) in [5.41, 5.74) is 4.75. The summed E-state index contributed by atoms with van der Waals surface area (Å²) < 4.78 is 1.28. The van der Waals surface area contributed by atoms with E-state index in [1.54, 1.807) is 0 Å². The zero-order chi connectivity index (χ0) is 18.1. The predicted octanol–water partition coefficient (Wildman–Crippen LogP) is 3.17. The molecule has 2 N–H and O–H groups in total. The molecule has 3 heterocycles. The Bertz CT molecular complexity index is 758. The SMILES string of the molecule is Cc1[nH]c(C)c(C2C(c3ccccn3)NC(=S)N2CCN(C)C)c1I. The van der Waals surface area contributed by atoms with Gasteiger partial charge in [0.1, 0.15) is 0 Å². The molecule has 2 unspecified atom stereocenters. The molecule has 1 saturated heterocycles. The average molecular weight is 469 g/mol. The second kappa shape index (κ2) is 7.59. The lowest BCUT2D eigenvalue weighted by Crippen LogP contribution is -2.35. The maximum absolute atomic E-state index is 5.70. The summed E-state index contributed by atoms with van der Waals surface area (Å²) in [6.45, 7) is 6.10. The smallest absolute Gasteiger partial charge is 0.170 e. The molecule has 0 aliphatic carbocycles. The molecule has 0 saturated carbocycles. The van der Waals surface area contributed by atoms with Crippen LogP contribution in [0.15, 0.2) is 24.4 Å². The van der Waals surface area contributed by atoms with E-state index in [1.165, 1.54) is 20.5 Å². The molecule has 2 aromatic rings. The van der Waals surface area contributed by atoms with Crippen molar-refractivity contribution < 1.29 is 0 Å². The van der Waals surface area contributed by atoms with Crippen LogP contribution in [0.2, 0.25) is 0 Å². The van der Waals surface area contributed by atoms with E-state index in [2.05, 4.69) is 81.7 Å². The number of hydrogen-bond acceptors (Lipinski definition) is 3. The van der Waals surface area contributed by atoms with Crippen LogP contribution in [-0.2, 0) is 0 Å². The number of H-pyrrole nitrogens is 1. The Morgan fingerprint density at radius 1 is 1.28 bits per heavy atom. The van der Waals surface area contributed by atoms with E-state index in [1.807, 2.05) is 18.3 Å². The van der Waals surface area contributed by atoms with Gasteiger partial charge in [-0.1, -0.05) is 6.07 Å². The maximum atomic E-state index is 5.70. The third-order valence-corrected chi connectivity index (χ3v) is 6.37. The van der Waals surface area contributed by atoms with E-state index in [-0.39, 0.29) is 12.1 Å². The second-order valence-corrected chi connectivity index (χ2v) is 8.19. The van der Waals surface area contributed by atoms with Crippen LogP contribution in [0.25, 0.3) is 0 Å². The first kappa shape index (κ1) is 18.6. The molecule has 2 atom stereocenters. The lowest BCUT2D eigenvalue weighted by atomic mass is 9.97. The quantitative estimate of drug-likeness (QED) is 0.521. The van der Waals surface area contributed by atoms with Crippen molar-refractivity contribution in [3.8, 4) is 0 Å². The van der Waals surface area contributed by atoms with Crippen LogP contribution in [0.1, 0.15) is 34.7 Å². The number of halogens is 1. The molecule has 5 nitrogen and oxygen atoms in total. The first-order valence-corrected chi connectivity index (χ1v) is 9.86. The van der Waals surface area contributed by atoms with Gasteiger partial charge in [0.05, 0.1) is 17.8 Å². The summed E-state index contributed by atoms with van der Waals surface area (Å²) in [7, 11) is 4.18. The van der Waals surface area contributed by atoms with Crippen molar-refractivity contribution in [3.05, 3.63) is 50.6 Å². The number of hydrogen-bond donors (Lipinski definition) is 2. The number of nitrogens with one attached hydrogen (secondary N) is 2. The number of aromatic amines is 1. The van der Waals surface area contributed by atoms with Gasteiger partial charge >= 0.3 is 0 Å². The zero-order valence-electron chi connectivity index (χ0n) is 15.0. The van der Waals surface area contributed by atoms with Gasteiger partial charge in [-0.05, 0) is 74.9 Å². The Morgan fingerprint density at radius 3 is 2.60 bits per heavy atom.